The second kappa shape index (κ2) is 8.53. The zero-order chi connectivity index (χ0) is 22.0. The number of halogens is 1. The van der Waals surface area contributed by atoms with Crippen LogP contribution in [-0.4, -0.2) is 23.5 Å². The molecule has 1 saturated heterocycles. The highest BCUT2D eigenvalue weighted by Gasteiger charge is 2.35. The molecule has 4 rings (SSSR count). The van der Waals surface area contributed by atoms with E-state index in [0.29, 0.717) is 35.1 Å². The largest absolute Gasteiger partial charge is 0.494 e. The smallest absolute Gasteiger partial charge is 0.270 e. The standard InChI is InChI=1S/C23H17FN2O4S/c1-2-29-17-5-3-4-16(12-17)26-22(28)19(21(27)25-23(26)31)13-18-10-11-20(30-18)14-6-8-15(24)9-7-14/h3-13H,2H2,1H3,(H,25,27,31)/b19-13+. The van der Waals surface area contributed by atoms with Gasteiger partial charge in [-0.05, 0) is 73.7 Å². The maximum absolute atomic E-state index is 13.1. The van der Waals surface area contributed by atoms with Crippen molar-refractivity contribution in [2.45, 2.75) is 6.92 Å². The molecule has 3 aromatic rings. The molecular weight excluding hydrogens is 419 g/mol. The number of amides is 2. The second-order valence-corrected chi connectivity index (χ2v) is 6.98. The van der Waals surface area contributed by atoms with E-state index in [1.54, 1.807) is 48.5 Å². The predicted octanol–water partition coefficient (Wildman–Crippen LogP) is 4.32. The molecular formula is C23H17FN2O4S. The number of anilines is 1. The van der Waals surface area contributed by atoms with Crippen LogP contribution in [0, 0.1) is 5.82 Å². The summed E-state index contributed by atoms with van der Waals surface area (Å²) in [5.74, 6) is -0.199. The first-order valence-corrected chi connectivity index (χ1v) is 9.87. The SMILES string of the molecule is CCOc1cccc(N2C(=O)/C(=C/c3ccc(-c4ccc(F)cc4)o3)C(=O)NC2=S)c1. The monoisotopic (exact) mass is 436 g/mol. The van der Waals surface area contributed by atoms with Gasteiger partial charge in [-0.15, -0.1) is 0 Å². The van der Waals surface area contributed by atoms with Crippen molar-refractivity contribution in [1.29, 1.82) is 0 Å². The van der Waals surface area contributed by atoms with Gasteiger partial charge in [0.15, 0.2) is 5.11 Å². The van der Waals surface area contributed by atoms with E-state index in [0.717, 1.165) is 0 Å². The van der Waals surface area contributed by atoms with E-state index in [-0.39, 0.29) is 16.5 Å². The van der Waals surface area contributed by atoms with Gasteiger partial charge in [0.2, 0.25) is 0 Å². The summed E-state index contributed by atoms with van der Waals surface area (Å²) in [5.41, 5.74) is 1.01. The Balaban J connectivity index is 1.65. The number of hydrogen-bond acceptors (Lipinski definition) is 5. The fraction of sp³-hybridized carbons (Fsp3) is 0.0870. The van der Waals surface area contributed by atoms with Crippen molar-refractivity contribution in [2.24, 2.45) is 0 Å². The van der Waals surface area contributed by atoms with E-state index in [1.165, 1.54) is 23.1 Å². The third kappa shape index (κ3) is 4.24. The van der Waals surface area contributed by atoms with Crippen molar-refractivity contribution in [3.8, 4) is 17.1 Å². The van der Waals surface area contributed by atoms with Gasteiger partial charge in [-0.3, -0.25) is 19.8 Å². The molecule has 2 amide bonds. The van der Waals surface area contributed by atoms with Crippen LogP contribution < -0.4 is 15.0 Å². The summed E-state index contributed by atoms with van der Waals surface area (Å²) in [6, 6.07) is 16.0. The molecule has 6 nitrogen and oxygen atoms in total. The minimum absolute atomic E-state index is 0.0211. The maximum Gasteiger partial charge on any atom is 0.270 e. The number of rotatable bonds is 5. The van der Waals surface area contributed by atoms with Gasteiger partial charge in [0, 0.05) is 11.6 Å². The first kappa shape index (κ1) is 20.5. The van der Waals surface area contributed by atoms with Crippen molar-refractivity contribution in [3.63, 3.8) is 0 Å². The molecule has 1 N–H and O–H groups in total. The van der Waals surface area contributed by atoms with Crippen LogP contribution in [0.4, 0.5) is 10.1 Å². The average molecular weight is 436 g/mol. The summed E-state index contributed by atoms with van der Waals surface area (Å²) >= 11 is 5.22. The number of nitrogens with zero attached hydrogens (tertiary/aromatic N) is 1. The Bertz CT molecular complexity index is 1200. The van der Waals surface area contributed by atoms with Gasteiger partial charge in [-0.2, -0.15) is 0 Å². The van der Waals surface area contributed by atoms with Crippen LogP contribution in [0.15, 0.2) is 70.7 Å². The van der Waals surface area contributed by atoms with Gasteiger partial charge in [0.1, 0.15) is 28.7 Å². The summed E-state index contributed by atoms with van der Waals surface area (Å²) < 4.78 is 24.3. The zero-order valence-corrected chi connectivity index (χ0v) is 17.2. The first-order valence-electron chi connectivity index (χ1n) is 9.46. The molecule has 0 unspecified atom stereocenters. The normalized spacial score (nSPS) is 15.4. The van der Waals surface area contributed by atoms with Gasteiger partial charge in [0.25, 0.3) is 11.8 Å². The molecule has 2 heterocycles. The molecule has 1 aliphatic rings. The molecule has 156 valence electrons. The average Bonchev–Trinajstić information content (AvgIpc) is 3.21. The van der Waals surface area contributed by atoms with E-state index >= 15 is 0 Å². The Hall–Kier alpha value is -3.78. The lowest BCUT2D eigenvalue weighted by Crippen LogP contribution is -2.54. The molecule has 0 atom stereocenters. The van der Waals surface area contributed by atoms with Crippen LogP contribution in [0.5, 0.6) is 5.75 Å². The number of carbonyl (C=O) groups is 2. The Morgan fingerprint density at radius 3 is 2.65 bits per heavy atom. The van der Waals surface area contributed by atoms with E-state index in [4.69, 9.17) is 21.4 Å². The molecule has 1 fully saturated rings. The van der Waals surface area contributed by atoms with Gasteiger partial charge in [0.05, 0.1) is 12.3 Å². The number of thiocarbonyl (C=S) groups is 1. The summed E-state index contributed by atoms with van der Waals surface area (Å²) in [5, 5.41) is 2.51. The van der Waals surface area contributed by atoms with Gasteiger partial charge in [-0.1, -0.05) is 6.07 Å². The molecule has 0 aliphatic carbocycles. The van der Waals surface area contributed by atoms with Crippen LogP contribution in [0.3, 0.4) is 0 Å². The van der Waals surface area contributed by atoms with Crippen LogP contribution in [0.1, 0.15) is 12.7 Å². The highest BCUT2D eigenvalue weighted by molar-refractivity contribution is 7.80. The molecule has 31 heavy (non-hydrogen) atoms. The fourth-order valence-corrected chi connectivity index (χ4v) is 3.39. The summed E-state index contributed by atoms with van der Waals surface area (Å²) in [7, 11) is 0. The molecule has 0 saturated carbocycles. The van der Waals surface area contributed by atoms with Crippen LogP contribution in [0.25, 0.3) is 17.4 Å². The number of furan rings is 1. The molecule has 0 spiro atoms. The van der Waals surface area contributed by atoms with Crippen LogP contribution in [-0.2, 0) is 9.59 Å². The number of benzene rings is 2. The van der Waals surface area contributed by atoms with Crippen LogP contribution >= 0.6 is 12.2 Å². The number of ether oxygens (including phenoxy) is 1. The Labute approximate surface area is 182 Å². The van der Waals surface area contributed by atoms with Crippen molar-refractivity contribution in [2.75, 3.05) is 11.5 Å². The second-order valence-electron chi connectivity index (χ2n) is 6.60. The van der Waals surface area contributed by atoms with Crippen LogP contribution in [0.2, 0.25) is 0 Å². The predicted molar refractivity (Wildman–Crippen MR) is 118 cm³/mol. The summed E-state index contributed by atoms with van der Waals surface area (Å²) in [4.78, 5) is 26.8. The number of carbonyl (C=O) groups excluding carboxylic acids is 2. The van der Waals surface area contributed by atoms with Crippen molar-refractivity contribution in [3.05, 3.63) is 77.8 Å². The third-order valence-corrected chi connectivity index (χ3v) is 4.82. The molecule has 0 radical (unpaired) electrons. The lowest BCUT2D eigenvalue weighted by atomic mass is 10.1. The highest BCUT2D eigenvalue weighted by atomic mass is 32.1. The fourth-order valence-electron chi connectivity index (χ4n) is 3.11. The zero-order valence-electron chi connectivity index (χ0n) is 16.4. The topological polar surface area (TPSA) is 71.8 Å². The Morgan fingerprint density at radius 2 is 1.90 bits per heavy atom. The molecule has 0 bridgehead atoms. The molecule has 8 heteroatoms. The Morgan fingerprint density at radius 1 is 1.13 bits per heavy atom. The van der Waals surface area contributed by atoms with Gasteiger partial charge in [-0.25, -0.2) is 4.39 Å². The van der Waals surface area contributed by atoms with E-state index in [9.17, 15) is 14.0 Å². The van der Waals surface area contributed by atoms with Crippen molar-refractivity contribution < 1.29 is 23.1 Å². The molecule has 2 aromatic carbocycles. The van der Waals surface area contributed by atoms with Crippen molar-refractivity contribution >= 4 is 40.9 Å². The first-order chi connectivity index (χ1) is 15.0. The lowest BCUT2D eigenvalue weighted by Gasteiger charge is -2.29. The van der Waals surface area contributed by atoms with E-state index < -0.39 is 11.8 Å². The lowest BCUT2D eigenvalue weighted by molar-refractivity contribution is -0.122. The number of hydrogen-bond donors (Lipinski definition) is 1. The quantitative estimate of drug-likeness (QED) is 0.367. The van der Waals surface area contributed by atoms with Crippen molar-refractivity contribution in [1.82, 2.24) is 5.32 Å². The summed E-state index contributed by atoms with van der Waals surface area (Å²) in [6.45, 7) is 2.33. The third-order valence-electron chi connectivity index (χ3n) is 4.53. The molecule has 1 aromatic heterocycles. The van der Waals surface area contributed by atoms with Gasteiger partial charge < -0.3 is 9.15 Å². The Kier molecular flexibility index (Phi) is 5.64. The minimum Gasteiger partial charge on any atom is -0.494 e. The summed E-state index contributed by atoms with van der Waals surface area (Å²) in [6.07, 6.45) is 1.35. The number of nitrogens with one attached hydrogen (secondary N) is 1. The van der Waals surface area contributed by atoms with E-state index in [1.807, 2.05) is 6.92 Å². The highest BCUT2D eigenvalue weighted by Crippen LogP contribution is 2.27. The minimum atomic E-state index is -0.619. The maximum atomic E-state index is 13.1. The van der Waals surface area contributed by atoms with E-state index in [2.05, 4.69) is 5.32 Å². The molecule has 1 aliphatic heterocycles. The van der Waals surface area contributed by atoms with Gasteiger partial charge >= 0.3 is 0 Å².